The minimum atomic E-state index is -0.286. The normalized spacial score (nSPS) is 19.7. The van der Waals surface area contributed by atoms with Gasteiger partial charge in [-0.2, -0.15) is 0 Å². The fourth-order valence-corrected chi connectivity index (χ4v) is 1.82. The summed E-state index contributed by atoms with van der Waals surface area (Å²) < 4.78 is 13.0. The summed E-state index contributed by atoms with van der Waals surface area (Å²) in [5, 5.41) is 2.84. The smallest absolute Gasteiger partial charge is 0.252 e. The third-order valence-electron chi connectivity index (χ3n) is 2.55. The summed E-state index contributed by atoms with van der Waals surface area (Å²) in [6.45, 7) is 4.01. The van der Waals surface area contributed by atoms with Crippen molar-refractivity contribution in [1.82, 2.24) is 5.32 Å². The largest absolute Gasteiger partial charge is 0.345 e. The van der Waals surface area contributed by atoms with Crippen LogP contribution in [0, 0.1) is 11.7 Å². The molecule has 1 amide bonds. The molecule has 0 aromatic heterocycles. The number of hydrogen-bond donors (Lipinski definition) is 1. The van der Waals surface area contributed by atoms with Crippen molar-refractivity contribution in [3.63, 3.8) is 0 Å². The molecule has 0 saturated carbocycles. The average Bonchev–Trinajstić information content (AvgIpc) is 2.43. The van der Waals surface area contributed by atoms with E-state index in [0.717, 1.165) is 5.56 Å². The van der Waals surface area contributed by atoms with Crippen LogP contribution in [-0.2, 0) is 0 Å². The van der Waals surface area contributed by atoms with Crippen LogP contribution >= 0.6 is 0 Å². The Kier molecular flexibility index (Phi) is 2.02. The van der Waals surface area contributed by atoms with E-state index >= 15 is 0 Å². The minimum absolute atomic E-state index is 0.0480. The van der Waals surface area contributed by atoms with E-state index in [0.29, 0.717) is 5.56 Å². The van der Waals surface area contributed by atoms with E-state index in [-0.39, 0.29) is 23.7 Å². The Morgan fingerprint density at radius 2 is 2.14 bits per heavy atom. The summed E-state index contributed by atoms with van der Waals surface area (Å²) >= 11 is 0. The Bertz CT molecular complexity index is 387. The highest BCUT2D eigenvalue weighted by molar-refractivity contribution is 5.99. The number of carbonyl (C=O) groups is 1. The lowest BCUT2D eigenvalue weighted by molar-refractivity contribution is 0.0949. The van der Waals surface area contributed by atoms with Crippen LogP contribution in [0.5, 0.6) is 0 Å². The number of amides is 1. The van der Waals surface area contributed by atoms with Gasteiger partial charge in [-0.25, -0.2) is 4.39 Å². The van der Waals surface area contributed by atoms with Gasteiger partial charge in [0.1, 0.15) is 5.82 Å². The van der Waals surface area contributed by atoms with E-state index in [4.69, 9.17) is 0 Å². The molecule has 1 aromatic rings. The molecule has 2 rings (SSSR count). The van der Waals surface area contributed by atoms with Crippen LogP contribution in [0.3, 0.4) is 0 Å². The average molecular weight is 193 g/mol. The highest BCUT2D eigenvalue weighted by Gasteiger charge is 2.30. The zero-order chi connectivity index (χ0) is 10.3. The summed E-state index contributed by atoms with van der Waals surface area (Å²) in [5.41, 5.74) is 1.38. The molecule has 3 heteroatoms. The van der Waals surface area contributed by atoms with E-state index in [1.807, 2.05) is 13.8 Å². The van der Waals surface area contributed by atoms with E-state index in [1.54, 1.807) is 6.07 Å². The minimum Gasteiger partial charge on any atom is -0.345 e. The predicted molar refractivity (Wildman–Crippen MR) is 51.4 cm³/mol. The molecule has 0 aliphatic carbocycles. The highest BCUT2D eigenvalue weighted by Crippen LogP contribution is 2.30. The van der Waals surface area contributed by atoms with Gasteiger partial charge in [0.2, 0.25) is 0 Å². The zero-order valence-electron chi connectivity index (χ0n) is 8.17. The maximum Gasteiger partial charge on any atom is 0.252 e. The van der Waals surface area contributed by atoms with Crippen molar-refractivity contribution < 1.29 is 9.18 Å². The van der Waals surface area contributed by atoms with Gasteiger partial charge in [0, 0.05) is 5.56 Å². The molecule has 1 aliphatic heterocycles. The van der Waals surface area contributed by atoms with Gasteiger partial charge in [0.05, 0.1) is 6.04 Å². The van der Waals surface area contributed by atoms with Crippen molar-refractivity contribution in [2.45, 2.75) is 19.9 Å². The van der Waals surface area contributed by atoms with Crippen LogP contribution in [-0.4, -0.2) is 5.91 Å². The van der Waals surface area contributed by atoms with Crippen LogP contribution < -0.4 is 5.32 Å². The lowest BCUT2D eigenvalue weighted by Gasteiger charge is -2.15. The van der Waals surface area contributed by atoms with Gasteiger partial charge < -0.3 is 5.32 Å². The van der Waals surface area contributed by atoms with E-state index in [9.17, 15) is 9.18 Å². The standard InChI is InChI=1S/C11H12FNO/c1-6(2)10-9-5-7(12)3-4-8(9)11(14)13-10/h3-6,10H,1-2H3,(H,13,14). The van der Waals surface area contributed by atoms with Crippen molar-refractivity contribution in [1.29, 1.82) is 0 Å². The van der Waals surface area contributed by atoms with Crippen molar-refractivity contribution >= 4 is 5.91 Å². The van der Waals surface area contributed by atoms with Gasteiger partial charge >= 0.3 is 0 Å². The Labute approximate surface area is 82.1 Å². The predicted octanol–water partition coefficient (Wildman–Crippen LogP) is 2.27. The molecular formula is C11H12FNO. The second-order valence-electron chi connectivity index (χ2n) is 3.93. The second kappa shape index (κ2) is 3.08. The molecule has 2 nitrogen and oxygen atoms in total. The van der Waals surface area contributed by atoms with Gasteiger partial charge in [-0.3, -0.25) is 4.79 Å². The number of carbonyl (C=O) groups excluding carboxylic acids is 1. The Balaban J connectivity index is 2.51. The number of hydrogen-bond acceptors (Lipinski definition) is 1. The maximum atomic E-state index is 13.0. The Morgan fingerprint density at radius 1 is 1.43 bits per heavy atom. The van der Waals surface area contributed by atoms with Gasteiger partial charge in [-0.05, 0) is 29.7 Å². The molecule has 74 valence electrons. The zero-order valence-corrected chi connectivity index (χ0v) is 8.17. The van der Waals surface area contributed by atoms with Crippen LogP contribution in [0.1, 0.15) is 35.8 Å². The van der Waals surface area contributed by atoms with Crippen molar-refractivity contribution in [2.75, 3.05) is 0 Å². The molecule has 1 aromatic carbocycles. The fourth-order valence-electron chi connectivity index (χ4n) is 1.82. The molecule has 1 unspecified atom stereocenters. The number of benzene rings is 1. The first-order valence-corrected chi connectivity index (χ1v) is 4.70. The summed E-state index contributed by atoms with van der Waals surface area (Å²) in [7, 11) is 0. The maximum absolute atomic E-state index is 13.0. The third kappa shape index (κ3) is 1.29. The fraction of sp³-hybridized carbons (Fsp3) is 0.364. The Morgan fingerprint density at radius 3 is 2.79 bits per heavy atom. The summed E-state index contributed by atoms with van der Waals surface area (Å²) in [6.07, 6.45) is 0. The quantitative estimate of drug-likeness (QED) is 0.728. The molecule has 1 heterocycles. The highest BCUT2D eigenvalue weighted by atomic mass is 19.1. The molecule has 1 N–H and O–H groups in total. The number of halogens is 1. The SMILES string of the molecule is CC(C)C1NC(=O)c2ccc(F)cc21. The van der Waals surface area contributed by atoms with Crippen LogP contribution in [0.15, 0.2) is 18.2 Å². The molecule has 0 saturated heterocycles. The Hall–Kier alpha value is -1.38. The number of fused-ring (bicyclic) bond motifs is 1. The van der Waals surface area contributed by atoms with E-state index < -0.39 is 0 Å². The van der Waals surface area contributed by atoms with Gasteiger partial charge in [-0.15, -0.1) is 0 Å². The molecule has 1 atom stereocenters. The van der Waals surface area contributed by atoms with Crippen molar-refractivity contribution in [3.05, 3.63) is 35.1 Å². The van der Waals surface area contributed by atoms with Gasteiger partial charge in [-0.1, -0.05) is 13.8 Å². The summed E-state index contributed by atoms with van der Waals surface area (Å²) in [5.74, 6) is -0.105. The number of rotatable bonds is 1. The molecular weight excluding hydrogens is 181 g/mol. The van der Waals surface area contributed by atoms with Crippen LogP contribution in [0.2, 0.25) is 0 Å². The summed E-state index contributed by atoms with van der Waals surface area (Å²) in [6, 6.07) is 4.26. The first-order chi connectivity index (χ1) is 6.59. The second-order valence-corrected chi connectivity index (χ2v) is 3.93. The molecule has 1 aliphatic rings. The molecule has 0 bridgehead atoms. The summed E-state index contributed by atoms with van der Waals surface area (Å²) in [4.78, 5) is 11.5. The first kappa shape index (κ1) is 9.19. The molecule has 0 radical (unpaired) electrons. The van der Waals surface area contributed by atoms with Gasteiger partial charge in [0.15, 0.2) is 0 Å². The van der Waals surface area contributed by atoms with E-state index in [1.165, 1.54) is 12.1 Å². The lowest BCUT2D eigenvalue weighted by Crippen LogP contribution is -2.22. The third-order valence-corrected chi connectivity index (χ3v) is 2.55. The first-order valence-electron chi connectivity index (χ1n) is 4.70. The molecule has 0 spiro atoms. The topological polar surface area (TPSA) is 29.1 Å². The lowest BCUT2D eigenvalue weighted by atomic mass is 9.96. The monoisotopic (exact) mass is 193 g/mol. The number of nitrogens with one attached hydrogen (secondary N) is 1. The van der Waals surface area contributed by atoms with Crippen molar-refractivity contribution in [2.24, 2.45) is 5.92 Å². The van der Waals surface area contributed by atoms with Crippen LogP contribution in [0.4, 0.5) is 4.39 Å². The van der Waals surface area contributed by atoms with Gasteiger partial charge in [0.25, 0.3) is 5.91 Å². The molecule has 0 fully saturated rings. The molecule has 14 heavy (non-hydrogen) atoms. The van der Waals surface area contributed by atoms with E-state index in [2.05, 4.69) is 5.32 Å². The van der Waals surface area contributed by atoms with Crippen molar-refractivity contribution in [3.8, 4) is 0 Å². The van der Waals surface area contributed by atoms with Crippen LogP contribution in [0.25, 0.3) is 0 Å².